The van der Waals surface area contributed by atoms with Crippen molar-refractivity contribution in [2.24, 2.45) is 0 Å². The highest BCUT2D eigenvalue weighted by Crippen LogP contribution is 2.10. The first-order valence-electron chi connectivity index (χ1n) is 4.74. The van der Waals surface area contributed by atoms with Crippen LogP contribution in [-0.2, 0) is 0 Å². The third-order valence-corrected chi connectivity index (χ3v) is 1.80. The summed E-state index contributed by atoms with van der Waals surface area (Å²) in [5.41, 5.74) is 0.271. The van der Waals surface area contributed by atoms with Gasteiger partial charge in [-0.2, -0.15) is 0 Å². The number of rotatable bonds is 4. The highest BCUT2D eigenvalue weighted by atomic mass is 35.5. The number of amides is 1. The number of nitrogens with one attached hydrogen (secondary N) is 2. The molecule has 1 amide bonds. The smallest absolute Gasteiger partial charge is 0.270 e. The Bertz CT molecular complexity index is 356. The highest BCUT2D eigenvalue weighted by molar-refractivity contribution is 6.28. The third kappa shape index (κ3) is 3.36. The van der Waals surface area contributed by atoms with Crippen LogP contribution in [0.1, 0.15) is 24.3 Å². The van der Waals surface area contributed by atoms with Gasteiger partial charge in [0.2, 0.25) is 5.28 Å². The Morgan fingerprint density at radius 3 is 2.73 bits per heavy atom. The molecule has 0 radical (unpaired) electrons. The van der Waals surface area contributed by atoms with Gasteiger partial charge in [-0.05, 0) is 25.4 Å². The predicted molar refractivity (Wildman–Crippen MR) is 59.2 cm³/mol. The molecular weight excluding hydrogens is 216 g/mol. The number of aromatic nitrogens is 2. The van der Waals surface area contributed by atoms with Gasteiger partial charge in [-0.25, -0.2) is 9.97 Å². The fraction of sp³-hybridized carbons (Fsp3) is 0.444. The van der Waals surface area contributed by atoms with Crippen LogP contribution >= 0.6 is 11.6 Å². The van der Waals surface area contributed by atoms with Crippen molar-refractivity contribution in [1.29, 1.82) is 0 Å². The fourth-order valence-corrected chi connectivity index (χ4v) is 1.24. The maximum atomic E-state index is 11.5. The second kappa shape index (κ2) is 5.50. The predicted octanol–water partition coefficient (Wildman–Crippen LogP) is 1.31. The summed E-state index contributed by atoms with van der Waals surface area (Å²) in [5, 5.41) is 5.68. The molecule has 0 aliphatic carbocycles. The molecule has 0 saturated carbocycles. The van der Waals surface area contributed by atoms with Crippen LogP contribution in [0.3, 0.4) is 0 Å². The van der Waals surface area contributed by atoms with Crippen molar-refractivity contribution >= 4 is 23.3 Å². The molecule has 0 aliphatic rings. The second-order valence-electron chi connectivity index (χ2n) is 2.80. The van der Waals surface area contributed by atoms with E-state index in [1.54, 1.807) is 6.07 Å². The van der Waals surface area contributed by atoms with Crippen LogP contribution < -0.4 is 10.6 Å². The topological polar surface area (TPSA) is 66.9 Å². The van der Waals surface area contributed by atoms with Gasteiger partial charge in [0.1, 0.15) is 11.5 Å². The lowest BCUT2D eigenvalue weighted by Crippen LogP contribution is -2.24. The van der Waals surface area contributed by atoms with Crippen molar-refractivity contribution in [1.82, 2.24) is 15.3 Å². The number of hydrogen-bond acceptors (Lipinski definition) is 4. The third-order valence-electron chi connectivity index (χ3n) is 1.63. The summed E-state index contributed by atoms with van der Waals surface area (Å²) in [7, 11) is 0. The second-order valence-corrected chi connectivity index (χ2v) is 3.14. The van der Waals surface area contributed by atoms with Crippen molar-refractivity contribution in [3.63, 3.8) is 0 Å². The maximum Gasteiger partial charge on any atom is 0.270 e. The molecule has 6 heteroatoms. The Balaban J connectivity index is 2.92. The molecule has 1 rings (SSSR count). The average molecular weight is 229 g/mol. The molecule has 0 spiro atoms. The number of nitrogens with zero attached hydrogens (tertiary/aromatic N) is 2. The minimum absolute atomic E-state index is 0.0645. The number of carbonyl (C=O) groups is 1. The van der Waals surface area contributed by atoms with Crippen LogP contribution in [0.2, 0.25) is 5.28 Å². The molecule has 1 aromatic rings. The molecule has 1 heterocycles. The van der Waals surface area contributed by atoms with Gasteiger partial charge in [-0.1, -0.05) is 0 Å². The number of carbonyl (C=O) groups excluding carboxylic acids is 1. The van der Waals surface area contributed by atoms with Crippen LogP contribution in [0.15, 0.2) is 6.07 Å². The quantitative estimate of drug-likeness (QED) is 0.763. The average Bonchev–Trinajstić information content (AvgIpc) is 2.17. The van der Waals surface area contributed by atoms with Gasteiger partial charge in [0.25, 0.3) is 5.91 Å². The van der Waals surface area contributed by atoms with Crippen molar-refractivity contribution in [2.75, 3.05) is 18.4 Å². The normalized spacial score (nSPS) is 9.80. The molecule has 0 fully saturated rings. The number of halogens is 1. The molecule has 0 aromatic carbocycles. The van der Waals surface area contributed by atoms with Crippen LogP contribution in [0, 0.1) is 0 Å². The van der Waals surface area contributed by atoms with E-state index >= 15 is 0 Å². The lowest BCUT2D eigenvalue weighted by molar-refractivity contribution is 0.0950. The van der Waals surface area contributed by atoms with E-state index in [-0.39, 0.29) is 16.9 Å². The standard InChI is InChI=1S/C9H13ClN4O/c1-3-11-7-5-6(8(15)12-4-2)13-9(10)14-7/h5H,3-4H2,1-2H3,(H,12,15)(H,11,13,14). The van der Waals surface area contributed by atoms with Crippen LogP contribution in [-0.4, -0.2) is 29.0 Å². The Morgan fingerprint density at radius 2 is 2.13 bits per heavy atom. The zero-order chi connectivity index (χ0) is 11.3. The van der Waals surface area contributed by atoms with Crippen molar-refractivity contribution in [2.45, 2.75) is 13.8 Å². The largest absolute Gasteiger partial charge is 0.370 e. The van der Waals surface area contributed by atoms with Crippen molar-refractivity contribution in [3.05, 3.63) is 17.0 Å². The van der Waals surface area contributed by atoms with Gasteiger partial charge in [0, 0.05) is 19.2 Å². The van der Waals surface area contributed by atoms with Gasteiger partial charge >= 0.3 is 0 Å². The first kappa shape index (κ1) is 11.7. The van der Waals surface area contributed by atoms with Crippen LogP contribution in [0.4, 0.5) is 5.82 Å². The molecule has 0 unspecified atom stereocenters. The minimum atomic E-state index is -0.249. The lowest BCUT2D eigenvalue weighted by Gasteiger charge is -2.05. The molecule has 1 aromatic heterocycles. The maximum absolute atomic E-state index is 11.5. The zero-order valence-electron chi connectivity index (χ0n) is 8.67. The molecule has 82 valence electrons. The number of hydrogen-bond donors (Lipinski definition) is 2. The van der Waals surface area contributed by atoms with Crippen molar-refractivity contribution < 1.29 is 4.79 Å². The zero-order valence-corrected chi connectivity index (χ0v) is 9.43. The Kier molecular flexibility index (Phi) is 4.30. The van der Waals surface area contributed by atoms with Gasteiger partial charge < -0.3 is 10.6 Å². The summed E-state index contributed by atoms with van der Waals surface area (Å²) in [6.45, 7) is 5.03. The summed E-state index contributed by atoms with van der Waals surface area (Å²) in [4.78, 5) is 19.2. The first-order chi connectivity index (χ1) is 7.17. The van der Waals surface area contributed by atoms with Crippen LogP contribution in [0.25, 0.3) is 0 Å². The van der Waals surface area contributed by atoms with Gasteiger partial charge in [0.15, 0.2) is 0 Å². The summed E-state index contributed by atoms with van der Waals surface area (Å²) in [6.07, 6.45) is 0. The van der Waals surface area contributed by atoms with E-state index in [4.69, 9.17) is 11.6 Å². The Hall–Kier alpha value is -1.36. The van der Waals surface area contributed by atoms with E-state index in [1.807, 2.05) is 13.8 Å². The molecule has 0 saturated heterocycles. The van der Waals surface area contributed by atoms with E-state index in [2.05, 4.69) is 20.6 Å². The molecule has 15 heavy (non-hydrogen) atoms. The molecule has 0 atom stereocenters. The van der Waals surface area contributed by atoms with E-state index in [9.17, 15) is 4.79 Å². The first-order valence-corrected chi connectivity index (χ1v) is 5.11. The summed E-state index contributed by atoms with van der Waals surface area (Å²) in [6, 6.07) is 1.57. The summed E-state index contributed by atoms with van der Waals surface area (Å²) >= 11 is 5.69. The Morgan fingerprint density at radius 1 is 1.40 bits per heavy atom. The minimum Gasteiger partial charge on any atom is -0.370 e. The van der Waals surface area contributed by atoms with Crippen LogP contribution in [0.5, 0.6) is 0 Å². The molecule has 2 N–H and O–H groups in total. The molecule has 0 bridgehead atoms. The fourth-order valence-electron chi connectivity index (χ4n) is 1.06. The number of anilines is 1. The van der Waals surface area contributed by atoms with Gasteiger partial charge in [0.05, 0.1) is 0 Å². The highest BCUT2D eigenvalue weighted by Gasteiger charge is 2.09. The summed E-state index contributed by atoms with van der Waals surface area (Å²) < 4.78 is 0. The van der Waals surface area contributed by atoms with E-state index < -0.39 is 0 Å². The van der Waals surface area contributed by atoms with E-state index in [0.717, 1.165) is 0 Å². The van der Waals surface area contributed by atoms with Gasteiger partial charge in [-0.15, -0.1) is 0 Å². The van der Waals surface area contributed by atoms with E-state index in [1.165, 1.54) is 0 Å². The molecule has 0 aliphatic heterocycles. The van der Waals surface area contributed by atoms with E-state index in [0.29, 0.717) is 18.9 Å². The van der Waals surface area contributed by atoms with Gasteiger partial charge in [-0.3, -0.25) is 4.79 Å². The Labute approximate surface area is 93.3 Å². The lowest BCUT2D eigenvalue weighted by atomic mass is 10.3. The molecule has 5 nitrogen and oxygen atoms in total. The SMILES string of the molecule is CCNC(=O)c1cc(NCC)nc(Cl)n1. The molecular formula is C9H13ClN4O. The van der Waals surface area contributed by atoms with Crippen molar-refractivity contribution in [3.8, 4) is 0 Å². The monoisotopic (exact) mass is 228 g/mol. The summed E-state index contributed by atoms with van der Waals surface area (Å²) in [5.74, 6) is 0.305.